The fraction of sp³-hybridized carbons (Fsp3) is 0.714. The molecule has 0 aromatic carbocycles. The molecule has 1 aliphatic heterocycles. The van der Waals surface area contributed by atoms with Gasteiger partial charge in [-0.2, -0.15) is 13.2 Å². The summed E-state index contributed by atoms with van der Waals surface area (Å²) >= 11 is 0. The zero-order valence-corrected chi connectivity index (χ0v) is 12.2. The van der Waals surface area contributed by atoms with Crippen LogP contribution < -0.4 is 5.32 Å². The third-order valence-corrected chi connectivity index (χ3v) is 3.55. The molecule has 1 saturated heterocycles. The number of nitrogens with one attached hydrogen (secondary N) is 1. The lowest BCUT2D eigenvalue weighted by atomic mass is 10.2. The third kappa shape index (κ3) is 5.01. The summed E-state index contributed by atoms with van der Waals surface area (Å²) in [5, 5.41) is 3.33. The fourth-order valence-corrected chi connectivity index (χ4v) is 2.67. The second-order valence-corrected chi connectivity index (χ2v) is 5.46. The van der Waals surface area contributed by atoms with Crippen molar-refractivity contribution in [2.45, 2.75) is 31.6 Å². The maximum atomic E-state index is 12.4. The smallest absolute Gasteiger partial charge is 0.401 e. The molecule has 0 bridgehead atoms. The number of methoxy groups -OCH3 is 1. The molecule has 0 saturated carbocycles. The molecule has 7 heteroatoms. The molecule has 4 nitrogen and oxygen atoms in total. The summed E-state index contributed by atoms with van der Waals surface area (Å²) in [6, 6.07) is 3.61. The molecular formula is C14H21F3N2O2. The SMILES string of the molecule is COC[C@@H](N[C@H]1CCN(CC(F)(F)F)C1)c1ccc(C)o1. The minimum Gasteiger partial charge on any atom is -0.465 e. The van der Waals surface area contributed by atoms with Crippen molar-refractivity contribution in [3.05, 3.63) is 23.7 Å². The van der Waals surface area contributed by atoms with Crippen LogP contribution in [-0.2, 0) is 4.74 Å². The Morgan fingerprint density at radius 3 is 2.81 bits per heavy atom. The van der Waals surface area contributed by atoms with Gasteiger partial charge in [0.05, 0.1) is 19.2 Å². The fourth-order valence-electron chi connectivity index (χ4n) is 2.67. The number of nitrogens with zero attached hydrogens (tertiary/aromatic N) is 1. The summed E-state index contributed by atoms with van der Waals surface area (Å²) in [5.41, 5.74) is 0. The number of rotatable bonds is 6. The van der Waals surface area contributed by atoms with Gasteiger partial charge in [0, 0.05) is 26.2 Å². The number of hydrogen-bond donors (Lipinski definition) is 1. The standard InChI is InChI=1S/C14H21F3N2O2/c1-10-3-4-13(21-10)12(8-20-2)18-11-5-6-19(7-11)9-14(15,16)17/h3-4,11-12,18H,5-9H2,1-2H3/t11-,12+/m0/s1. The summed E-state index contributed by atoms with van der Waals surface area (Å²) in [5.74, 6) is 1.56. The molecule has 2 rings (SSSR count). The van der Waals surface area contributed by atoms with E-state index in [1.165, 1.54) is 4.90 Å². The second kappa shape index (κ2) is 6.81. The van der Waals surface area contributed by atoms with Crippen molar-refractivity contribution < 1.29 is 22.3 Å². The summed E-state index contributed by atoms with van der Waals surface area (Å²) in [7, 11) is 1.59. The van der Waals surface area contributed by atoms with E-state index in [1.807, 2.05) is 19.1 Å². The normalized spacial score (nSPS) is 21.9. The van der Waals surface area contributed by atoms with Crippen molar-refractivity contribution in [3.63, 3.8) is 0 Å². The van der Waals surface area contributed by atoms with Crippen LogP contribution in [0.5, 0.6) is 0 Å². The first-order valence-electron chi connectivity index (χ1n) is 6.98. The number of aryl methyl sites for hydroxylation is 1. The van der Waals surface area contributed by atoms with Crippen molar-refractivity contribution >= 4 is 0 Å². The Balaban J connectivity index is 1.90. The van der Waals surface area contributed by atoms with Crippen molar-refractivity contribution in [1.82, 2.24) is 10.2 Å². The highest BCUT2D eigenvalue weighted by atomic mass is 19.4. The van der Waals surface area contributed by atoms with Crippen LogP contribution in [0, 0.1) is 6.92 Å². The number of alkyl halides is 3. The van der Waals surface area contributed by atoms with Gasteiger partial charge in [0.15, 0.2) is 0 Å². The number of halogens is 3. The Morgan fingerprint density at radius 2 is 2.24 bits per heavy atom. The van der Waals surface area contributed by atoms with Crippen LogP contribution in [0.1, 0.15) is 24.0 Å². The van der Waals surface area contributed by atoms with Gasteiger partial charge in [0.25, 0.3) is 0 Å². The van der Waals surface area contributed by atoms with Gasteiger partial charge in [-0.1, -0.05) is 0 Å². The lowest BCUT2D eigenvalue weighted by Gasteiger charge is -2.22. The Labute approximate surface area is 122 Å². The number of hydrogen-bond acceptors (Lipinski definition) is 4. The van der Waals surface area contributed by atoms with E-state index in [4.69, 9.17) is 9.15 Å². The third-order valence-electron chi connectivity index (χ3n) is 3.55. The van der Waals surface area contributed by atoms with E-state index in [0.717, 1.165) is 11.5 Å². The van der Waals surface area contributed by atoms with Gasteiger partial charge >= 0.3 is 6.18 Å². The summed E-state index contributed by atoms with van der Waals surface area (Å²) in [6.45, 7) is 2.27. The van der Waals surface area contributed by atoms with Gasteiger partial charge < -0.3 is 14.5 Å². The zero-order valence-electron chi connectivity index (χ0n) is 12.2. The second-order valence-electron chi connectivity index (χ2n) is 5.46. The molecule has 1 aliphatic rings. The Hall–Kier alpha value is -1.05. The van der Waals surface area contributed by atoms with Gasteiger partial charge in [-0.05, 0) is 25.5 Å². The highest BCUT2D eigenvalue weighted by molar-refractivity contribution is 5.10. The maximum Gasteiger partial charge on any atom is 0.401 e. The average molecular weight is 306 g/mol. The summed E-state index contributed by atoms with van der Waals surface area (Å²) in [4.78, 5) is 1.43. The predicted molar refractivity (Wildman–Crippen MR) is 72.1 cm³/mol. The Morgan fingerprint density at radius 1 is 1.48 bits per heavy atom. The molecule has 0 unspecified atom stereocenters. The van der Waals surface area contributed by atoms with E-state index >= 15 is 0 Å². The minimum atomic E-state index is -4.14. The quantitative estimate of drug-likeness (QED) is 0.876. The first-order chi connectivity index (χ1) is 9.87. The molecule has 21 heavy (non-hydrogen) atoms. The largest absolute Gasteiger partial charge is 0.465 e. The Bertz CT molecular complexity index is 448. The number of likely N-dealkylation sites (tertiary alicyclic amines) is 1. The zero-order chi connectivity index (χ0) is 15.5. The van der Waals surface area contributed by atoms with Crippen LogP contribution >= 0.6 is 0 Å². The van der Waals surface area contributed by atoms with E-state index in [0.29, 0.717) is 26.1 Å². The molecule has 1 aromatic rings. The molecule has 1 aromatic heterocycles. The molecule has 120 valence electrons. The first-order valence-corrected chi connectivity index (χ1v) is 6.98. The summed E-state index contributed by atoms with van der Waals surface area (Å²) in [6.07, 6.45) is -3.45. The van der Waals surface area contributed by atoms with Crippen molar-refractivity contribution in [2.24, 2.45) is 0 Å². The molecule has 0 amide bonds. The molecule has 1 N–H and O–H groups in total. The van der Waals surface area contributed by atoms with Crippen LogP contribution in [0.4, 0.5) is 13.2 Å². The average Bonchev–Trinajstić information content (AvgIpc) is 2.96. The van der Waals surface area contributed by atoms with Crippen molar-refractivity contribution in [3.8, 4) is 0 Å². The van der Waals surface area contributed by atoms with Crippen molar-refractivity contribution in [1.29, 1.82) is 0 Å². The van der Waals surface area contributed by atoms with Gasteiger partial charge in [-0.15, -0.1) is 0 Å². The van der Waals surface area contributed by atoms with E-state index < -0.39 is 12.7 Å². The molecule has 2 heterocycles. The summed E-state index contributed by atoms with van der Waals surface area (Å²) < 4.78 is 47.9. The van der Waals surface area contributed by atoms with Gasteiger partial charge in [-0.3, -0.25) is 4.90 Å². The Kier molecular flexibility index (Phi) is 5.29. The highest BCUT2D eigenvalue weighted by Gasteiger charge is 2.35. The van der Waals surface area contributed by atoms with E-state index in [9.17, 15) is 13.2 Å². The van der Waals surface area contributed by atoms with E-state index in [-0.39, 0.29) is 12.1 Å². The molecular weight excluding hydrogens is 285 g/mol. The van der Waals surface area contributed by atoms with Crippen LogP contribution in [-0.4, -0.2) is 50.5 Å². The van der Waals surface area contributed by atoms with Crippen molar-refractivity contribution in [2.75, 3.05) is 33.4 Å². The topological polar surface area (TPSA) is 37.6 Å². The minimum absolute atomic E-state index is 0.0120. The van der Waals surface area contributed by atoms with Gasteiger partial charge in [-0.25, -0.2) is 0 Å². The monoisotopic (exact) mass is 306 g/mol. The molecule has 0 radical (unpaired) electrons. The predicted octanol–water partition coefficient (Wildman–Crippen LogP) is 2.50. The van der Waals surface area contributed by atoms with E-state index in [2.05, 4.69) is 5.32 Å². The van der Waals surface area contributed by atoms with Crippen LogP contribution in [0.3, 0.4) is 0 Å². The van der Waals surface area contributed by atoms with E-state index in [1.54, 1.807) is 7.11 Å². The van der Waals surface area contributed by atoms with Crippen LogP contribution in [0.25, 0.3) is 0 Å². The number of ether oxygens (including phenoxy) is 1. The highest BCUT2D eigenvalue weighted by Crippen LogP contribution is 2.22. The first kappa shape index (κ1) is 16.3. The lowest BCUT2D eigenvalue weighted by Crippen LogP contribution is -2.39. The molecule has 1 fully saturated rings. The maximum absolute atomic E-state index is 12.4. The number of furan rings is 1. The molecule has 0 aliphatic carbocycles. The van der Waals surface area contributed by atoms with Crippen LogP contribution in [0.2, 0.25) is 0 Å². The molecule has 2 atom stereocenters. The van der Waals surface area contributed by atoms with Gasteiger partial charge in [0.1, 0.15) is 11.5 Å². The van der Waals surface area contributed by atoms with Crippen LogP contribution in [0.15, 0.2) is 16.5 Å². The molecule has 0 spiro atoms. The van der Waals surface area contributed by atoms with Gasteiger partial charge in [0.2, 0.25) is 0 Å². The lowest BCUT2D eigenvalue weighted by molar-refractivity contribution is -0.143.